The highest BCUT2D eigenvalue weighted by Gasteiger charge is 2.09. The molecule has 0 fully saturated rings. The molecule has 0 aliphatic carbocycles. The number of pyridine rings is 1. The van der Waals surface area contributed by atoms with E-state index in [0.29, 0.717) is 11.4 Å². The molecule has 1 N–H and O–H groups in total. The number of hydrogen-bond acceptors (Lipinski definition) is 3. The Morgan fingerprint density at radius 1 is 1.10 bits per heavy atom. The summed E-state index contributed by atoms with van der Waals surface area (Å²) < 4.78 is 7.06. The summed E-state index contributed by atoms with van der Waals surface area (Å²) in [6.45, 7) is 1.89. The topological polar surface area (TPSA) is 42.4 Å². The zero-order chi connectivity index (χ0) is 14.8. The quantitative estimate of drug-likeness (QED) is 0.756. The van der Waals surface area contributed by atoms with Gasteiger partial charge in [0.2, 0.25) is 0 Å². The molecule has 106 valence electrons. The van der Waals surface area contributed by atoms with Crippen molar-refractivity contribution in [1.82, 2.24) is 4.98 Å². The molecule has 0 aliphatic heterocycles. The van der Waals surface area contributed by atoms with Gasteiger partial charge in [0, 0.05) is 15.9 Å². The van der Waals surface area contributed by atoms with Gasteiger partial charge in [-0.15, -0.1) is 0 Å². The van der Waals surface area contributed by atoms with Crippen molar-refractivity contribution in [2.24, 2.45) is 0 Å². The van der Waals surface area contributed by atoms with E-state index < -0.39 is 0 Å². The Morgan fingerprint density at radius 3 is 2.67 bits per heavy atom. The van der Waals surface area contributed by atoms with Gasteiger partial charge in [-0.3, -0.25) is 4.98 Å². The molecule has 3 rings (SSSR count). The summed E-state index contributed by atoms with van der Waals surface area (Å²) in [4.78, 5) is 4.40. The second-order valence-electron chi connectivity index (χ2n) is 4.80. The molecule has 3 aromatic rings. The monoisotopic (exact) mass is 343 g/mol. The Labute approximate surface area is 131 Å². The van der Waals surface area contributed by atoms with E-state index in [0.717, 1.165) is 26.7 Å². The number of aliphatic hydroxyl groups excluding tert-OH is 1. The number of hydrogen-bond donors (Lipinski definition) is 1. The SMILES string of the molecule is Cc1cc(Br)ccc1Oc1cc(CO)nc2ccccc12. The third-order valence-electron chi connectivity index (χ3n) is 3.25. The van der Waals surface area contributed by atoms with Gasteiger partial charge in [-0.1, -0.05) is 28.1 Å². The number of ether oxygens (including phenoxy) is 1. The van der Waals surface area contributed by atoms with Crippen molar-refractivity contribution >= 4 is 26.8 Å². The predicted octanol–water partition coefficient (Wildman–Crippen LogP) is 4.59. The second-order valence-corrected chi connectivity index (χ2v) is 5.71. The number of fused-ring (bicyclic) bond motifs is 1. The van der Waals surface area contributed by atoms with Crippen molar-refractivity contribution in [2.45, 2.75) is 13.5 Å². The van der Waals surface area contributed by atoms with E-state index in [-0.39, 0.29) is 6.61 Å². The first-order valence-corrected chi connectivity index (χ1v) is 7.40. The lowest BCUT2D eigenvalue weighted by Crippen LogP contribution is -1.95. The Morgan fingerprint density at radius 2 is 1.90 bits per heavy atom. The van der Waals surface area contributed by atoms with Crippen LogP contribution < -0.4 is 4.74 Å². The zero-order valence-corrected chi connectivity index (χ0v) is 13.1. The Hall–Kier alpha value is -1.91. The van der Waals surface area contributed by atoms with Gasteiger partial charge in [0.05, 0.1) is 17.8 Å². The molecule has 1 aromatic heterocycles. The first kappa shape index (κ1) is 14.0. The highest BCUT2D eigenvalue weighted by atomic mass is 79.9. The summed E-state index contributed by atoms with van der Waals surface area (Å²) in [5, 5.41) is 10.3. The number of halogens is 1. The van der Waals surface area contributed by atoms with Gasteiger partial charge in [0.15, 0.2) is 0 Å². The van der Waals surface area contributed by atoms with Crippen LogP contribution in [0.15, 0.2) is 53.0 Å². The largest absolute Gasteiger partial charge is 0.456 e. The zero-order valence-electron chi connectivity index (χ0n) is 11.5. The lowest BCUT2D eigenvalue weighted by molar-refractivity contribution is 0.276. The summed E-state index contributed by atoms with van der Waals surface area (Å²) in [5.74, 6) is 1.49. The molecule has 0 spiro atoms. The summed E-state index contributed by atoms with van der Waals surface area (Å²) in [7, 11) is 0. The normalized spacial score (nSPS) is 10.8. The minimum absolute atomic E-state index is 0.111. The third kappa shape index (κ3) is 2.91. The van der Waals surface area contributed by atoms with Crippen LogP contribution in [0.4, 0.5) is 0 Å². The Kier molecular flexibility index (Phi) is 3.90. The first-order chi connectivity index (χ1) is 10.2. The van der Waals surface area contributed by atoms with Crippen LogP contribution >= 0.6 is 15.9 Å². The average molecular weight is 344 g/mol. The van der Waals surface area contributed by atoms with Crippen molar-refractivity contribution in [3.63, 3.8) is 0 Å². The molecule has 0 saturated carbocycles. The average Bonchev–Trinajstić information content (AvgIpc) is 2.49. The molecule has 1 heterocycles. The molecule has 2 aromatic carbocycles. The summed E-state index contributed by atoms with van der Waals surface area (Å²) in [6, 6.07) is 15.4. The van der Waals surface area contributed by atoms with Crippen LogP contribution in [0.2, 0.25) is 0 Å². The molecule has 0 saturated heterocycles. The lowest BCUT2D eigenvalue weighted by Gasteiger charge is -2.12. The standard InChI is InChI=1S/C17H14BrNO2/c1-11-8-12(18)6-7-16(11)21-17-9-13(10-20)19-15-5-3-2-4-14(15)17/h2-9,20H,10H2,1H3. The minimum atomic E-state index is -0.111. The van der Waals surface area contributed by atoms with E-state index >= 15 is 0 Å². The third-order valence-corrected chi connectivity index (χ3v) is 3.74. The highest BCUT2D eigenvalue weighted by molar-refractivity contribution is 9.10. The minimum Gasteiger partial charge on any atom is -0.456 e. The van der Waals surface area contributed by atoms with E-state index in [1.54, 1.807) is 6.07 Å². The van der Waals surface area contributed by atoms with E-state index in [2.05, 4.69) is 20.9 Å². The second kappa shape index (κ2) is 5.84. The fraction of sp³-hybridized carbons (Fsp3) is 0.118. The number of benzene rings is 2. The van der Waals surface area contributed by atoms with Gasteiger partial charge in [-0.25, -0.2) is 0 Å². The van der Waals surface area contributed by atoms with Gasteiger partial charge in [0.1, 0.15) is 11.5 Å². The van der Waals surface area contributed by atoms with E-state index in [4.69, 9.17) is 4.74 Å². The van der Waals surface area contributed by atoms with Crippen molar-refractivity contribution in [3.8, 4) is 11.5 Å². The maximum atomic E-state index is 9.35. The van der Waals surface area contributed by atoms with Crippen LogP contribution in [0, 0.1) is 6.92 Å². The molecule has 0 aliphatic rings. The Bertz CT molecular complexity index is 802. The summed E-state index contributed by atoms with van der Waals surface area (Å²) in [5.41, 5.74) is 2.45. The van der Waals surface area contributed by atoms with E-state index in [1.807, 2.05) is 49.4 Å². The van der Waals surface area contributed by atoms with Crippen LogP contribution in [0.5, 0.6) is 11.5 Å². The molecule has 4 heteroatoms. The fourth-order valence-corrected chi connectivity index (χ4v) is 2.68. The van der Waals surface area contributed by atoms with Crippen molar-refractivity contribution in [2.75, 3.05) is 0 Å². The number of aliphatic hydroxyl groups is 1. The van der Waals surface area contributed by atoms with Crippen LogP contribution in [0.1, 0.15) is 11.3 Å². The maximum absolute atomic E-state index is 9.35. The molecule has 21 heavy (non-hydrogen) atoms. The van der Waals surface area contributed by atoms with Crippen molar-refractivity contribution < 1.29 is 9.84 Å². The number of rotatable bonds is 3. The lowest BCUT2D eigenvalue weighted by atomic mass is 10.1. The van der Waals surface area contributed by atoms with E-state index in [9.17, 15) is 5.11 Å². The highest BCUT2D eigenvalue weighted by Crippen LogP contribution is 2.32. The van der Waals surface area contributed by atoms with Crippen LogP contribution in [-0.4, -0.2) is 10.1 Å². The van der Waals surface area contributed by atoms with Crippen molar-refractivity contribution in [1.29, 1.82) is 0 Å². The number of aromatic nitrogens is 1. The first-order valence-electron chi connectivity index (χ1n) is 6.61. The number of aryl methyl sites for hydroxylation is 1. The fourth-order valence-electron chi connectivity index (χ4n) is 2.21. The molecule has 3 nitrogen and oxygen atoms in total. The van der Waals surface area contributed by atoms with Crippen molar-refractivity contribution in [3.05, 3.63) is 64.3 Å². The van der Waals surface area contributed by atoms with E-state index in [1.165, 1.54) is 0 Å². The van der Waals surface area contributed by atoms with Crippen LogP contribution in [-0.2, 0) is 6.61 Å². The van der Waals surface area contributed by atoms with Gasteiger partial charge < -0.3 is 9.84 Å². The molecule has 0 bridgehead atoms. The molecule has 0 amide bonds. The maximum Gasteiger partial charge on any atom is 0.138 e. The number of para-hydroxylation sites is 1. The molecular weight excluding hydrogens is 330 g/mol. The van der Waals surface area contributed by atoms with Gasteiger partial charge in [0.25, 0.3) is 0 Å². The molecule has 0 radical (unpaired) electrons. The summed E-state index contributed by atoms with van der Waals surface area (Å²) >= 11 is 3.45. The molecule has 0 unspecified atom stereocenters. The van der Waals surface area contributed by atoms with Gasteiger partial charge in [-0.2, -0.15) is 0 Å². The smallest absolute Gasteiger partial charge is 0.138 e. The predicted molar refractivity (Wildman–Crippen MR) is 86.6 cm³/mol. The van der Waals surface area contributed by atoms with Crippen LogP contribution in [0.25, 0.3) is 10.9 Å². The molecular formula is C17H14BrNO2. The van der Waals surface area contributed by atoms with Gasteiger partial charge in [-0.05, 0) is 42.8 Å². The summed E-state index contributed by atoms with van der Waals surface area (Å²) in [6.07, 6.45) is 0. The number of nitrogens with zero attached hydrogens (tertiary/aromatic N) is 1. The van der Waals surface area contributed by atoms with Crippen LogP contribution in [0.3, 0.4) is 0 Å². The Balaban J connectivity index is 2.10. The molecule has 0 atom stereocenters. The van der Waals surface area contributed by atoms with Gasteiger partial charge >= 0.3 is 0 Å².